The molecule has 1 N–H and O–H groups in total. The van der Waals surface area contributed by atoms with Gasteiger partial charge in [-0.15, -0.1) is 11.3 Å². The fraction of sp³-hybridized carbons (Fsp3) is 0.714. The molecule has 2 heterocycles. The minimum absolute atomic E-state index is 0.230. The molecule has 2 aliphatic rings. The van der Waals surface area contributed by atoms with Crippen molar-refractivity contribution in [3.05, 3.63) is 16.6 Å². The van der Waals surface area contributed by atoms with Crippen LogP contribution in [0.1, 0.15) is 56.5 Å². The highest BCUT2D eigenvalue weighted by molar-refractivity contribution is 8.14. The van der Waals surface area contributed by atoms with Gasteiger partial charge in [-0.05, 0) is 19.3 Å². The lowest BCUT2D eigenvalue weighted by atomic mass is 9.83. The number of thiazole rings is 1. The van der Waals surface area contributed by atoms with Gasteiger partial charge in [0.05, 0.1) is 0 Å². The van der Waals surface area contributed by atoms with Crippen LogP contribution in [0.25, 0.3) is 0 Å². The van der Waals surface area contributed by atoms with Crippen LogP contribution in [-0.2, 0) is 0 Å². The summed E-state index contributed by atoms with van der Waals surface area (Å²) in [6, 6.07) is 0.230. The van der Waals surface area contributed by atoms with Crippen molar-refractivity contribution >= 4 is 28.3 Å². The third kappa shape index (κ3) is 2.97. The van der Waals surface area contributed by atoms with E-state index in [-0.39, 0.29) is 6.04 Å². The Morgan fingerprint density at radius 3 is 2.95 bits per heavy atom. The molecule has 1 saturated heterocycles. The van der Waals surface area contributed by atoms with Crippen molar-refractivity contribution < 1.29 is 0 Å². The molecule has 1 aromatic rings. The molecule has 1 saturated carbocycles. The number of rotatable bonds is 3. The summed E-state index contributed by atoms with van der Waals surface area (Å²) < 4.78 is 0. The fourth-order valence-electron chi connectivity index (χ4n) is 2.93. The second-order valence-corrected chi connectivity index (χ2v) is 7.37. The predicted octanol–water partition coefficient (Wildman–Crippen LogP) is 3.99. The fourth-order valence-corrected chi connectivity index (χ4v) is 4.96. The number of aromatic nitrogens is 1. The lowest BCUT2D eigenvalue weighted by molar-refractivity contribution is 0.303. The lowest BCUT2D eigenvalue weighted by Crippen LogP contribution is -2.45. The monoisotopic (exact) mass is 295 g/mol. The first kappa shape index (κ1) is 13.4. The van der Waals surface area contributed by atoms with Crippen molar-refractivity contribution in [1.82, 2.24) is 10.3 Å². The summed E-state index contributed by atoms with van der Waals surface area (Å²) in [7, 11) is 0. The Morgan fingerprint density at radius 1 is 1.42 bits per heavy atom. The number of nitrogens with one attached hydrogen (secondary N) is 1. The zero-order chi connectivity index (χ0) is 13.1. The molecule has 1 aliphatic carbocycles. The normalized spacial score (nSPS) is 25.6. The van der Waals surface area contributed by atoms with Gasteiger partial charge in [-0.1, -0.05) is 37.9 Å². The largest absolute Gasteiger partial charge is 0.359 e. The highest BCUT2D eigenvalue weighted by Gasteiger charge is 2.38. The van der Waals surface area contributed by atoms with Gasteiger partial charge in [0.15, 0.2) is 5.17 Å². The zero-order valence-electron chi connectivity index (χ0n) is 11.4. The van der Waals surface area contributed by atoms with Crippen LogP contribution in [0.4, 0.5) is 0 Å². The summed E-state index contributed by atoms with van der Waals surface area (Å²) in [6.07, 6.45) is 9.65. The zero-order valence-corrected chi connectivity index (χ0v) is 13.0. The van der Waals surface area contributed by atoms with E-state index in [2.05, 4.69) is 17.2 Å². The molecule has 0 amide bonds. The van der Waals surface area contributed by atoms with Gasteiger partial charge in [-0.3, -0.25) is 4.99 Å². The third-order valence-corrected chi connectivity index (χ3v) is 6.12. The van der Waals surface area contributed by atoms with Crippen LogP contribution in [-0.4, -0.2) is 21.4 Å². The molecule has 5 heteroatoms. The van der Waals surface area contributed by atoms with E-state index in [0.717, 1.165) is 16.6 Å². The number of aliphatic imine (C=N–C) groups is 1. The quantitative estimate of drug-likeness (QED) is 0.916. The molecule has 1 aliphatic heterocycles. The molecule has 3 nitrogen and oxygen atoms in total. The summed E-state index contributed by atoms with van der Waals surface area (Å²) in [6.45, 7) is 2.19. The molecule has 3 rings (SSSR count). The van der Waals surface area contributed by atoms with E-state index in [1.807, 2.05) is 23.3 Å². The van der Waals surface area contributed by atoms with Crippen molar-refractivity contribution in [2.75, 3.05) is 5.75 Å². The van der Waals surface area contributed by atoms with Gasteiger partial charge in [0.25, 0.3) is 0 Å². The molecular weight excluding hydrogens is 274 g/mol. The van der Waals surface area contributed by atoms with Gasteiger partial charge in [-0.25, -0.2) is 4.98 Å². The van der Waals surface area contributed by atoms with E-state index in [1.165, 1.54) is 37.9 Å². The Hall–Kier alpha value is -0.550. The molecule has 2 fully saturated rings. The topological polar surface area (TPSA) is 37.3 Å². The highest BCUT2D eigenvalue weighted by Crippen LogP contribution is 2.37. The minimum Gasteiger partial charge on any atom is -0.359 e. The van der Waals surface area contributed by atoms with E-state index in [9.17, 15) is 0 Å². The molecule has 1 unspecified atom stereocenters. The average molecular weight is 295 g/mol. The lowest BCUT2D eigenvalue weighted by Gasteiger charge is -2.32. The van der Waals surface area contributed by atoms with Crippen LogP contribution in [0.15, 0.2) is 16.6 Å². The van der Waals surface area contributed by atoms with E-state index < -0.39 is 0 Å². The first-order chi connectivity index (χ1) is 9.31. The Labute approximate surface area is 123 Å². The van der Waals surface area contributed by atoms with Crippen molar-refractivity contribution in [3.8, 4) is 0 Å². The SMILES string of the molecule is CCC(N=C1NC2(CCCCC2)CS1)c1nccs1. The van der Waals surface area contributed by atoms with Crippen molar-refractivity contribution in [1.29, 1.82) is 0 Å². The minimum atomic E-state index is 0.230. The van der Waals surface area contributed by atoms with E-state index >= 15 is 0 Å². The molecule has 1 aromatic heterocycles. The Kier molecular flexibility index (Phi) is 4.12. The summed E-state index contributed by atoms with van der Waals surface area (Å²) in [4.78, 5) is 9.31. The summed E-state index contributed by atoms with van der Waals surface area (Å²) in [5.74, 6) is 1.19. The molecule has 0 radical (unpaired) electrons. The number of nitrogens with zero attached hydrogens (tertiary/aromatic N) is 2. The highest BCUT2D eigenvalue weighted by atomic mass is 32.2. The van der Waals surface area contributed by atoms with Crippen LogP contribution in [0, 0.1) is 0 Å². The molecule has 104 valence electrons. The van der Waals surface area contributed by atoms with Gasteiger partial charge in [0.1, 0.15) is 11.0 Å². The van der Waals surface area contributed by atoms with Gasteiger partial charge in [0, 0.05) is 22.9 Å². The number of thioether (sulfide) groups is 1. The summed E-state index contributed by atoms with van der Waals surface area (Å²) in [5, 5.41) is 8.04. The molecule has 1 atom stereocenters. The second kappa shape index (κ2) is 5.83. The van der Waals surface area contributed by atoms with Crippen LogP contribution < -0.4 is 5.32 Å². The van der Waals surface area contributed by atoms with Gasteiger partial charge < -0.3 is 5.32 Å². The predicted molar refractivity (Wildman–Crippen MR) is 84.0 cm³/mol. The van der Waals surface area contributed by atoms with Gasteiger partial charge in [-0.2, -0.15) is 0 Å². The Bertz CT molecular complexity index is 436. The molecular formula is C14H21N3S2. The Balaban J connectivity index is 1.70. The van der Waals surface area contributed by atoms with E-state index in [1.54, 1.807) is 11.3 Å². The van der Waals surface area contributed by atoms with Gasteiger partial charge >= 0.3 is 0 Å². The number of amidine groups is 1. The van der Waals surface area contributed by atoms with Crippen LogP contribution in [0.3, 0.4) is 0 Å². The first-order valence-electron chi connectivity index (χ1n) is 7.19. The maximum Gasteiger partial charge on any atom is 0.157 e. The number of hydrogen-bond acceptors (Lipinski definition) is 4. The number of hydrogen-bond donors (Lipinski definition) is 1. The molecule has 1 spiro atoms. The second-order valence-electron chi connectivity index (χ2n) is 5.48. The third-order valence-electron chi connectivity index (χ3n) is 4.06. The smallest absolute Gasteiger partial charge is 0.157 e. The van der Waals surface area contributed by atoms with E-state index in [4.69, 9.17) is 4.99 Å². The van der Waals surface area contributed by atoms with Crippen LogP contribution in [0.5, 0.6) is 0 Å². The van der Waals surface area contributed by atoms with Crippen LogP contribution in [0.2, 0.25) is 0 Å². The van der Waals surface area contributed by atoms with E-state index in [0.29, 0.717) is 5.54 Å². The Morgan fingerprint density at radius 2 is 2.26 bits per heavy atom. The maximum atomic E-state index is 4.90. The molecule has 0 bridgehead atoms. The van der Waals surface area contributed by atoms with Crippen LogP contribution >= 0.6 is 23.1 Å². The maximum absolute atomic E-state index is 4.90. The first-order valence-corrected chi connectivity index (χ1v) is 9.06. The summed E-state index contributed by atoms with van der Waals surface area (Å²) >= 11 is 3.62. The molecule has 19 heavy (non-hydrogen) atoms. The van der Waals surface area contributed by atoms with Crippen molar-refractivity contribution in [2.24, 2.45) is 4.99 Å². The standard InChI is InChI=1S/C14H21N3S2/c1-2-11(12-15-8-9-18-12)16-13-17-14(10-19-13)6-4-3-5-7-14/h8-9,11H,2-7,10H2,1H3,(H,16,17). The van der Waals surface area contributed by atoms with Crippen molar-refractivity contribution in [2.45, 2.75) is 57.0 Å². The van der Waals surface area contributed by atoms with Crippen molar-refractivity contribution in [3.63, 3.8) is 0 Å². The average Bonchev–Trinajstić information content (AvgIpc) is 3.08. The summed E-state index contributed by atoms with van der Waals surface area (Å²) in [5.41, 5.74) is 0.350. The molecule has 0 aromatic carbocycles. The van der Waals surface area contributed by atoms with Gasteiger partial charge in [0.2, 0.25) is 0 Å².